The molecule has 9 heteroatoms. The molecule has 3 aromatic rings. The second-order valence-electron chi connectivity index (χ2n) is 7.46. The number of carbonyl (C=O) groups is 1. The molecule has 0 atom stereocenters. The van der Waals surface area contributed by atoms with Crippen LogP contribution in [-0.2, 0) is 10.2 Å². The Hall–Kier alpha value is -3.23. The largest absolute Gasteiger partial charge is 0.381 e. The molecule has 2 heterocycles. The molecule has 0 aliphatic carbocycles. The zero-order valence-corrected chi connectivity index (χ0v) is 17.4. The smallest absolute Gasteiger partial charge is 0.349 e. The van der Waals surface area contributed by atoms with Gasteiger partial charge in [0, 0.05) is 25.2 Å². The lowest BCUT2D eigenvalue weighted by molar-refractivity contribution is 0.0487. The number of benzene rings is 2. The molecule has 1 aromatic heterocycles. The molecule has 2 N–H and O–H groups in total. The molecule has 1 saturated heterocycles. The summed E-state index contributed by atoms with van der Waals surface area (Å²) in [6.07, 6.45) is 2.58. The summed E-state index contributed by atoms with van der Waals surface area (Å²) in [5.74, 6) is -0.355. The molecule has 1 aliphatic heterocycles. The number of aromatic nitrogens is 3. The van der Waals surface area contributed by atoms with Crippen LogP contribution in [0.25, 0.3) is 5.69 Å². The van der Waals surface area contributed by atoms with E-state index in [-0.39, 0.29) is 21.9 Å². The standard InChI is InChI=1S/C22H21ClN4O4/c23-18-7-6-16(27-21(30)26-19(28)13-25-27)12-17(18)20(29)24-14-22(8-10-31-11-9-22)15-4-2-1-3-5-15/h1-7,12-13H,8-11,14H2,(H,24,29)(H,26,28,30). The zero-order valence-electron chi connectivity index (χ0n) is 16.6. The average Bonchev–Trinajstić information content (AvgIpc) is 2.79. The second kappa shape index (κ2) is 8.87. The number of nitrogens with one attached hydrogen (secondary N) is 2. The van der Waals surface area contributed by atoms with Gasteiger partial charge in [-0.25, -0.2) is 4.79 Å². The summed E-state index contributed by atoms with van der Waals surface area (Å²) >= 11 is 6.27. The van der Waals surface area contributed by atoms with Crippen molar-refractivity contribution in [1.82, 2.24) is 20.1 Å². The Bertz CT molecular complexity index is 1200. The molecule has 2 aromatic carbocycles. The monoisotopic (exact) mass is 440 g/mol. The lowest BCUT2D eigenvalue weighted by atomic mass is 9.74. The molecule has 0 spiro atoms. The second-order valence-corrected chi connectivity index (χ2v) is 7.86. The number of hydrogen-bond acceptors (Lipinski definition) is 5. The molecule has 0 radical (unpaired) electrons. The number of halogens is 1. The van der Waals surface area contributed by atoms with E-state index in [1.807, 2.05) is 18.2 Å². The summed E-state index contributed by atoms with van der Waals surface area (Å²) < 4.78 is 6.54. The topological polar surface area (TPSA) is 106 Å². The Morgan fingerprint density at radius 1 is 1.16 bits per heavy atom. The van der Waals surface area contributed by atoms with Crippen molar-refractivity contribution in [2.75, 3.05) is 19.8 Å². The molecule has 4 rings (SSSR count). The van der Waals surface area contributed by atoms with Crippen LogP contribution in [0.3, 0.4) is 0 Å². The van der Waals surface area contributed by atoms with Gasteiger partial charge in [0.15, 0.2) is 0 Å². The van der Waals surface area contributed by atoms with E-state index in [0.29, 0.717) is 25.4 Å². The highest BCUT2D eigenvalue weighted by atomic mass is 35.5. The summed E-state index contributed by atoms with van der Waals surface area (Å²) in [7, 11) is 0. The van der Waals surface area contributed by atoms with Crippen LogP contribution in [0.5, 0.6) is 0 Å². The quantitative estimate of drug-likeness (QED) is 0.631. The molecular formula is C22H21ClN4O4. The van der Waals surface area contributed by atoms with Crippen molar-refractivity contribution in [1.29, 1.82) is 0 Å². The highest BCUT2D eigenvalue weighted by molar-refractivity contribution is 6.33. The van der Waals surface area contributed by atoms with Gasteiger partial charge in [-0.15, -0.1) is 0 Å². The highest BCUT2D eigenvalue weighted by Crippen LogP contribution is 2.34. The van der Waals surface area contributed by atoms with Gasteiger partial charge in [-0.2, -0.15) is 9.78 Å². The van der Waals surface area contributed by atoms with Gasteiger partial charge >= 0.3 is 5.69 Å². The van der Waals surface area contributed by atoms with Gasteiger partial charge in [0.2, 0.25) is 0 Å². The van der Waals surface area contributed by atoms with Gasteiger partial charge in [-0.1, -0.05) is 41.9 Å². The number of nitrogens with zero attached hydrogens (tertiary/aromatic N) is 2. The summed E-state index contributed by atoms with van der Waals surface area (Å²) in [5, 5.41) is 7.08. The Morgan fingerprint density at radius 2 is 1.90 bits per heavy atom. The molecule has 160 valence electrons. The minimum atomic E-state index is -0.702. The van der Waals surface area contributed by atoms with Crippen molar-refractivity contribution in [2.45, 2.75) is 18.3 Å². The number of rotatable bonds is 5. The third kappa shape index (κ3) is 4.45. The Labute approximate surface area is 182 Å². The van der Waals surface area contributed by atoms with Gasteiger partial charge in [0.25, 0.3) is 11.5 Å². The molecule has 0 unspecified atom stereocenters. The first-order valence-electron chi connectivity index (χ1n) is 9.89. The fraction of sp³-hybridized carbons (Fsp3) is 0.273. The van der Waals surface area contributed by atoms with E-state index < -0.39 is 11.2 Å². The van der Waals surface area contributed by atoms with Gasteiger partial charge in [0.1, 0.15) is 6.20 Å². The maximum absolute atomic E-state index is 13.0. The van der Waals surface area contributed by atoms with E-state index in [1.54, 1.807) is 6.07 Å². The van der Waals surface area contributed by atoms with E-state index in [1.165, 1.54) is 12.1 Å². The fourth-order valence-corrected chi connectivity index (χ4v) is 4.03. The van der Waals surface area contributed by atoms with Crippen molar-refractivity contribution in [3.05, 3.63) is 91.7 Å². The number of H-pyrrole nitrogens is 1. The molecule has 8 nitrogen and oxygen atoms in total. The summed E-state index contributed by atoms with van der Waals surface area (Å²) in [6, 6.07) is 14.6. The molecule has 1 fully saturated rings. The van der Waals surface area contributed by atoms with E-state index in [4.69, 9.17) is 16.3 Å². The molecule has 31 heavy (non-hydrogen) atoms. The number of ether oxygens (including phenoxy) is 1. The average molecular weight is 441 g/mol. The molecule has 0 saturated carbocycles. The van der Waals surface area contributed by atoms with Gasteiger partial charge < -0.3 is 10.1 Å². The predicted octanol–water partition coefficient (Wildman–Crippen LogP) is 2.05. The first kappa shape index (κ1) is 21.0. The van der Waals surface area contributed by atoms with Crippen LogP contribution >= 0.6 is 11.6 Å². The zero-order chi connectivity index (χ0) is 21.8. The van der Waals surface area contributed by atoms with Crippen LogP contribution in [0, 0.1) is 0 Å². The minimum absolute atomic E-state index is 0.217. The lowest BCUT2D eigenvalue weighted by Crippen LogP contribution is -2.44. The van der Waals surface area contributed by atoms with E-state index in [0.717, 1.165) is 29.3 Å². The summed E-state index contributed by atoms with van der Waals surface area (Å²) in [5.41, 5.74) is 0.162. The normalized spacial score (nSPS) is 15.4. The Morgan fingerprint density at radius 3 is 2.61 bits per heavy atom. The maximum Gasteiger partial charge on any atom is 0.349 e. The fourth-order valence-electron chi connectivity index (χ4n) is 3.82. The van der Waals surface area contributed by atoms with Gasteiger partial charge in [-0.3, -0.25) is 14.6 Å². The van der Waals surface area contributed by atoms with Crippen molar-refractivity contribution in [3.8, 4) is 5.69 Å². The third-order valence-corrected chi connectivity index (χ3v) is 5.91. The van der Waals surface area contributed by atoms with Crippen molar-refractivity contribution >= 4 is 17.5 Å². The van der Waals surface area contributed by atoms with Crippen molar-refractivity contribution < 1.29 is 9.53 Å². The third-order valence-electron chi connectivity index (χ3n) is 5.58. The van der Waals surface area contributed by atoms with Gasteiger partial charge in [0.05, 0.1) is 16.3 Å². The van der Waals surface area contributed by atoms with E-state index in [2.05, 4.69) is 27.5 Å². The maximum atomic E-state index is 13.0. The first-order chi connectivity index (χ1) is 15.0. The highest BCUT2D eigenvalue weighted by Gasteiger charge is 2.35. The van der Waals surface area contributed by atoms with Crippen LogP contribution in [0.1, 0.15) is 28.8 Å². The number of amides is 1. The van der Waals surface area contributed by atoms with Crippen LogP contribution in [-0.4, -0.2) is 40.4 Å². The number of hydrogen-bond donors (Lipinski definition) is 2. The lowest BCUT2D eigenvalue weighted by Gasteiger charge is -2.38. The number of aromatic amines is 1. The van der Waals surface area contributed by atoms with Crippen LogP contribution in [0.2, 0.25) is 5.02 Å². The van der Waals surface area contributed by atoms with Crippen LogP contribution in [0.4, 0.5) is 0 Å². The van der Waals surface area contributed by atoms with Crippen LogP contribution < -0.4 is 16.6 Å². The molecule has 1 amide bonds. The molecule has 1 aliphatic rings. The summed E-state index contributed by atoms with van der Waals surface area (Å²) in [4.78, 5) is 38.4. The van der Waals surface area contributed by atoms with Crippen molar-refractivity contribution in [2.24, 2.45) is 0 Å². The minimum Gasteiger partial charge on any atom is -0.381 e. The van der Waals surface area contributed by atoms with E-state index in [9.17, 15) is 14.4 Å². The summed E-state index contributed by atoms with van der Waals surface area (Å²) in [6.45, 7) is 1.68. The Balaban J connectivity index is 1.59. The SMILES string of the molecule is O=C(NCC1(c2ccccc2)CCOCC1)c1cc(-n2ncc(=O)[nH]c2=O)ccc1Cl. The molecular weight excluding hydrogens is 420 g/mol. The molecule has 0 bridgehead atoms. The number of carbonyl (C=O) groups excluding carboxylic acids is 1. The first-order valence-corrected chi connectivity index (χ1v) is 10.3. The van der Waals surface area contributed by atoms with Crippen molar-refractivity contribution in [3.63, 3.8) is 0 Å². The van der Waals surface area contributed by atoms with Crippen LogP contribution in [0.15, 0.2) is 64.3 Å². The Kier molecular flexibility index (Phi) is 6.01. The predicted molar refractivity (Wildman–Crippen MR) is 116 cm³/mol. The van der Waals surface area contributed by atoms with E-state index >= 15 is 0 Å². The van der Waals surface area contributed by atoms with Gasteiger partial charge in [-0.05, 0) is 36.6 Å².